The molecule has 0 amide bonds. The van der Waals surface area contributed by atoms with Gasteiger partial charge in [0.1, 0.15) is 5.82 Å². The maximum atomic E-state index is 12.8. The van der Waals surface area contributed by atoms with E-state index >= 15 is 0 Å². The van der Waals surface area contributed by atoms with E-state index in [-0.39, 0.29) is 18.0 Å². The fourth-order valence-electron chi connectivity index (χ4n) is 5.05. The Balaban J connectivity index is 1.52. The third-order valence-electron chi connectivity index (χ3n) is 6.77. The topological polar surface area (TPSA) is 89.6 Å². The van der Waals surface area contributed by atoms with Crippen LogP contribution in [0.5, 0.6) is 0 Å². The van der Waals surface area contributed by atoms with E-state index in [0.29, 0.717) is 24.6 Å². The molecular weight excluding hydrogens is 390 g/mol. The Kier molecular flexibility index (Phi) is 6.11. The molecule has 1 N–H and O–H groups in total. The van der Waals surface area contributed by atoms with Gasteiger partial charge in [0.15, 0.2) is 0 Å². The van der Waals surface area contributed by atoms with E-state index in [4.69, 9.17) is 4.98 Å². The van der Waals surface area contributed by atoms with Crippen LogP contribution in [0.15, 0.2) is 4.79 Å². The van der Waals surface area contributed by atoms with Crippen molar-refractivity contribution < 1.29 is 8.42 Å². The number of aromatic nitrogens is 2. The average molecular weight is 424 g/mol. The summed E-state index contributed by atoms with van der Waals surface area (Å²) in [7, 11) is -0.507. The summed E-state index contributed by atoms with van der Waals surface area (Å²) in [6, 6.07) is 0.681. The number of fused-ring (bicyclic) bond motifs is 1. The number of nitrogens with zero attached hydrogens (tertiary/aromatic N) is 4. The first kappa shape index (κ1) is 21.0. The van der Waals surface area contributed by atoms with Crippen LogP contribution in [0.2, 0.25) is 0 Å². The number of aromatic amines is 1. The van der Waals surface area contributed by atoms with E-state index in [9.17, 15) is 13.2 Å². The largest absolute Gasteiger partial charge is 0.310 e. The molecule has 2 aliphatic heterocycles. The monoisotopic (exact) mass is 423 g/mol. The first-order valence-corrected chi connectivity index (χ1v) is 12.3. The molecule has 29 heavy (non-hydrogen) atoms. The van der Waals surface area contributed by atoms with Crippen LogP contribution in [-0.2, 0) is 23.2 Å². The highest BCUT2D eigenvalue weighted by Crippen LogP contribution is 2.31. The zero-order chi connectivity index (χ0) is 20.6. The Morgan fingerprint density at radius 2 is 1.83 bits per heavy atom. The zero-order valence-corrected chi connectivity index (χ0v) is 18.4. The number of rotatable bonds is 4. The average Bonchev–Trinajstić information content (AvgIpc) is 2.74. The minimum Gasteiger partial charge on any atom is -0.310 e. The van der Waals surface area contributed by atoms with Crippen molar-refractivity contribution in [3.8, 4) is 0 Å². The van der Waals surface area contributed by atoms with Crippen LogP contribution in [0.1, 0.15) is 67.9 Å². The standard InChI is InChI=1S/C20H33N5O3S/c1-23(2)29(27,28)25-12-10-18-17(14-25)20(26)22-19(21-18)15-7-6-11-24(13-15)16-8-4-3-5-9-16/h15-16H,3-14H2,1-2H3,(H,21,22,26)/t15-/m0/s1. The van der Waals surface area contributed by atoms with Crippen molar-refractivity contribution in [2.24, 2.45) is 0 Å². The Hall–Kier alpha value is -1.29. The van der Waals surface area contributed by atoms with Crippen LogP contribution in [-0.4, -0.2) is 71.7 Å². The molecule has 8 nitrogen and oxygen atoms in total. The van der Waals surface area contributed by atoms with Gasteiger partial charge in [0, 0.05) is 52.1 Å². The summed E-state index contributed by atoms with van der Waals surface area (Å²) in [6.45, 7) is 2.57. The number of hydrogen-bond donors (Lipinski definition) is 1. The Morgan fingerprint density at radius 3 is 2.55 bits per heavy atom. The Labute approximate surface area is 173 Å². The van der Waals surface area contributed by atoms with E-state index in [1.807, 2.05) is 0 Å². The third-order valence-corrected chi connectivity index (χ3v) is 8.66. The number of H-pyrrole nitrogens is 1. The maximum absolute atomic E-state index is 12.8. The second-order valence-corrected chi connectivity index (χ2v) is 11.0. The lowest BCUT2D eigenvalue weighted by Crippen LogP contribution is -2.45. The number of nitrogens with one attached hydrogen (secondary N) is 1. The van der Waals surface area contributed by atoms with Gasteiger partial charge in [-0.05, 0) is 32.2 Å². The SMILES string of the molecule is CN(C)S(=O)(=O)N1CCc2nc([C@H]3CCCN(C4CCCCC4)C3)[nH]c(=O)c2C1. The Bertz CT molecular complexity index is 892. The zero-order valence-electron chi connectivity index (χ0n) is 17.6. The molecule has 1 aliphatic carbocycles. The van der Waals surface area contributed by atoms with Crippen molar-refractivity contribution in [2.45, 2.75) is 69.9 Å². The summed E-state index contributed by atoms with van der Waals surface area (Å²) in [5.41, 5.74) is 1.08. The quantitative estimate of drug-likeness (QED) is 0.792. The van der Waals surface area contributed by atoms with Gasteiger partial charge in [0.25, 0.3) is 15.8 Å². The lowest BCUT2D eigenvalue weighted by atomic mass is 9.90. The fraction of sp³-hybridized carbons (Fsp3) is 0.800. The molecular formula is C20H33N5O3S. The van der Waals surface area contributed by atoms with Crippen molar-refractivity contribution in [1.82, 2.24) is 23.5 Å². The fourth-order valence-corrected chi connectivity index (χ4v) is 6.12. The van der Waals surface area contributed by atoms with Crippen molar-refractivity contribution in [3.05, 3.63) is 27.4 Å². The second kappa shape index (κ2) is 8.45. The summed E-state index contributed by atoms with van der Waals surface area (Å²) in [5.74, 6) is 1.05. The molecule has 1 saturated carbocycles. The molecule has 4 rings (SSSR count). The molecule has 162 valence electrons. The third kappa shape index (κ3) is 4.28. The van der Waals surface area contributed by atoms with Crippen LogP contribution in [0.3, 0.4) is 0 Å². The van der Waals surface area contributed by atoms with E-state index in [1.165, 1.54) is 54.8 Å². The summed E-state index contributed by atoms with van der Waals surface area (Å²) in [6.07, 6.45) is 9.25. The summed E-state index contributed by atoms with van der Waals surface area (Å²) in [4.78, 5) is 23.2. The van der Waals surface area contributed by atoms with Gasteiger partial charge in [-0.1, -0.05) is 19.3 Å². The lowest BCUT2D eigenvalue weighted by molar-refractivity contribution is 0.116. The molecule has 2 fully saturated rings. The van der Waals surface area contributed by atoms with Gasteiger partial charge in [-0.15, -0.1) is 0 Å². The van der Waals surface area contributed by atoms with Crippen LogP contribution in [0.4, 0.5) is 0 Å². The van der Waals surface area contributed by atoms with Gasteiger partial charge in [0.2, 0.25) is 0 Å². The molecule has 0 spiro atoms. The van der Waals surface area contributed by atoms with Gasteiger partial charge in [-0.2, -0.15) is 17.0 Å². The number of hydrogen-bond acceptors (Lipinski definition) is 5. The summed E-state index contributed by atoms with van der Waals surface area (Å²) in [5, 5.41) is 0. The predicted molar refractivity (Wildman–Crippen MR) is 112 cm³/mol. The molecule has 1 aromatic rings. The number of likely N-dealkylation sites (tertiary alicyclic amines) is 1. The molecule has 3 aliphatic rings. The van der Waals surface area contributed by atoms with E-state index < -0.39 is 10.2 Å². The first-order valence-electron chi connectivity index (χ1n) is 10.9. The highest BCUT2D eigenvalue weighted by molar-refractivity contribution is 7.86. The normalized spacial score (nSPS) is 25.3. The van der Waals surface area contributed by atoms with Gasteiger partial charge < -0.3 is 4.98 Å². The van der Waals surface area contributed by atoms with Gasteiger partial charge >= 0.3 is 0 Å². The molecule has 9 heteroatoms. The van der Waals surface area contributed by atoms with Crippen molar-refractivity contribution in [2.75, 3.05) is 33.7 Å². The van der Waals surface area contributed by atoms with Crippen molar-refractivity contribution in [3.63, 3.8) is 0 Å². The number of piperidine rings is 1. The van der Waals surface area contributed by atoms with Crippen LogP contribution in [0.25, 0.3) is 0 Å². The molecule has 1 saturated heterocycles. The smallest absolute Gasteiger partial charge is 0.281 e. The molecule has 0 unspecified atom stereocenters. The molecule has 1 atom stereocenters. The molecule has 3 heterocycles. The highest BCUT2D eigenvalue weighted by atomic mass is 32.2. The van der Waals surface area contributed by atoms with E-state index in [0.717, 1.165) is 37.4 Å². The molecule has 0 radical (unpaired) electrons. The second-order valence-electron chi connectivity index (χ2n) is 8.88. The predicted octanol–water partition coefficient (Wildman–Crippen LogP) is 1.45. The molecule has 0 bridgehead atoms. The minimum absolute atomic E-state index is 0.0946. The first-order chi connectivity index (χ1) is 13.9. The summed E-state index contributed by atoms with van der Waals surface area (Å²) < 4.78 is 27.4. The summed E-state index contributed by atoms with van der Waals surface area (Å²) >= 11 is 0. The van der Waals surface area contributed by atoms with Gasteiger partial charge in [-0.3, -0.25) is 9.69 Å². The minimum atomic E-state index is -3.53. The molecule has 1 aromatic heterocycles. The van der Waals surface area contributed by atoms with E-state index in [1.54, 1.807) is 0 Å². The van der Waals surface area contributed by atoms with Crippen molar-refractivity contribution in [1.29, 1.82) is 0 Å². The van der Waals surface area contributed by atoms with Crippen LogP contribution in [0, 0.1) is 0 Å². The Morgan fingerprint density at radius 1 is 1.07 bits per heavy atom. The van der Waals surface area contributed by atoms with Gasteiger partial charge in [-0.25, -0.2) is 4.98 Å². The van der Waals surface area contributed by atoms with Gasteiger partial charge in [0.05, 0.1) is 11.3 Å². The van der Waals surface area contributed by atoms with Crippen molar-refractivity contribution >= 4 is 10.2 Å². The molecule has 0 aromatic carbocycles. The van der Waals surface area contributed by atoms with E-state index in [2.05, 4.69) is 9.88 Å². The lowest BCUT2D eigenvalue weighted by Gasteiger charge is -2.39. The highest BCUT2D eigenvalue weighted by Gasteiger charge is 2.33. The van der Waals surface area contributed by atoms with Crippen LogP contribution < -0.4 is 5.56 Å². The van der Waals surface area contributed by atoms with Crippen LogP contribution >= 0.6 is 0 Å². The maximum Gasteiger partial charge on any atom is 0.281 e.